The van der Waals surface area contributed by atoms with Crippen molar-refractivity contribution in [2.75, 3.05) is 17.3 Å². The van der Waals surface area contributed by atoms with Crippen LogP contribution in [0.3, 0.4) is 0 Å². The Labute approximate surface area is 153 Å². The average Bonchev–Trinajstić information content (AvgIpc) is 2.84. The first-order chi connectivity index (χ1) is 12.7. The molecule has 3 aromatic carbocycles. The van der Waals surface area contributed by atoms with Gasteiger partial charge in [0.25, 0.3) is 0 Å². The SMILES string of the molecule is COC(=O)c1ccc(CN2Cc3ccccc3Nc3ccccc32)cc1. The van der Waals surface area contributed by atoms with Gasteiger partial charge >= 0.3 is 5.97 Å². The van der Waals surface area contributed by atoms with Crippen LogP contribution in [-0.2, 0) is 17.8 Å². The predicted molar refractivity (Wildman–Crippen MR) is 104 cm³/mol. The minimum Gasteiger partial charge on any atom is -0.465 e. The molecule has 130 valence electrons. The minimum absolute atomic E-state index is 0.310. The fourth-order valence-electron chi connectivity index (χ4n) is 3.30. The van der Waals surface area contributed by atoms with Crippen molar-refractivity contribution >= 4 is 23.0 Å². The van der Waals surface area contributed by atoms with Crippen molar-refractivity contribution < 1.29 is 9.53 Å². The molecule has 0 saturated heterocycles. The third-order valence-corrected chi connectivity index (χ3v) is 4.64. The smallest absolute Gasteiger partial charge is 0.337 e. The van der Waals surface area contributed by atoms with E-state index < -0.39 is 0 Å². The second-order valence-corrected chi connectivity index (χ2v) is 6.34. The fourth-order valence-corrected chi connectivity index (χ4v) is 3.30. The van der Waals surface area contributed by atoms with Gasteiger partial charge in [-0.05, 0) is 41.5 Å². The zero-order valence-electron chi connectivity index (χ0n) is 14.6. The summed E-state index contributed by atoms with van der Waals surface area (Å²) in [4.78, 5) is 14.0. The molecule has 1 aliphatic rings. The van der Waals surface area contributed by atoms with Crippen molar-refractivity contribution in [3.8, 4) is 0 Å². The first kappa shape index (κ1) is 16.2. The molecule has 1 aliphatic heterocycles. The number of carbonyl (C=O) groups excluding carboxylic acids is 1. The molecule has 0 atom stereocenters. The highest BCUT2D eigenvalue weighted by Gasteiger charge is 2.18. The Balaban J connectivity index is 1.66. The third kappa shape index (κ3) is 3.14. The number of carbonyl (C=O) groups is 1. The van der Waals surface area contributed by atoms with Gasteiger partial charge in [0.15, 0.2) is 0 Å². The zero-order chi connectivity index (χ0) is 17.9. The first-order valence-electron chi connectivity index (χ1n) is 8.61. The Morgan fingerprint density at radius 3 is 2.42 bits per heavy atom. The number of hydrogen-bond acceptors (Lipinski definition) is 4. The molecule has 0 spiro atoms. The second kappa shape index (κ2) is 6.92. The molecule has 4 heteroatoms. The molecule has 3 aromatic rings. The van der Waals surface area contributed by atoms with Crippen molar-refractivity contribution in [3.05, 3.63) is 89.5 Å². The topological polar surface area (TPSA) is 41.6 Å². The molecule has 1 N–H and O–H groups in total. The maximum absolute atomic E-state index is 11.6. The number of para-hydroxylation sites is 3. The lowest BCUT2D eigenvalue weighted by atomic mass is 10.1. The van der Waals surface area contributed by atoms with Crippen LogP contribution in [0.2, 0.25) is 0 Å². The number of hydrogen-bond donors (Lipinski definition) is 1. The van der Waals surface area contributed by atoms with Gasteiger partial charge in [-0.2, -0.15) is 0 Å². The summed E-state index contributed by atoms with van der Waals surface area (Å²) in [7, 11) is 1.40. The Morgan fingerprint density at radius 1 is 0.962 bits per heavy atom. The molecule has 0 aromatic heterocycles. The van der Waals surface area contributed by atoms with E-state index in [1.54, 1.807) is 0 Å². The van der Waals surface area contributed by atoms with Crippen LogP contribution in [-0.4, -0.2) is 13.1 Å². The van der Waals surface area contributed by atoms with Crippen molar-refractivity contribution in [1.82, 2.24) is 0 Å². The molecular weight excluding hydrogens is 324 g/mol. The lowest BCUT2D eigenvalue weighted by Gasteiger charge is -2.25. The lowest BCUT2D eigenvalue weighted by Crippen LogP contribution is -2.21. The summed E-state index contributed by atoms with van der Waals surface area (Å²) in [6, 6.07) is 24.3. The van der Waals surface area contributed by atoms with Crippen LogP contribution < -0.4 is 10.2 Å². The van der Waals surface area contributed by atoms with Gasteiger partial charge in [0, 0.05) is 18.8 Å². The molecule has 0 fully saturated rings. The van der Waals surface area contributed by atoms with Crippen LogP contribution in [0.25, 0.3) is 0 Å². The minimum atomic E-state index is -0.310. The average molecular weight is 344 g/mol. The van der Waals surface area contributed by atoms with Gasteiger partial charge in [-0.1, -0.05) is 42.5 Å². The van der Waals surface area contributed by atoms with Gasteiger partial charge in [0.05, 0.1) is 24.0 Å². The summed E-state index contributed by atoms with van der Waals surface area (Å²) in [5, 5.41) is 3.55. The summed E-state index contributed by atoms with van der Waals surface area (Å²) in [6.07, 6.45) is 0. The Morgan fingerprint density at radius 2 is 1.65 bits per heavy atom. The molecular formula is C22H20N2O2. The van der Waals surface area contributed by atoms with Crippen LogP contribution in [0.1, 0.15) is 21.5 Å². The summed E-state index contributed by atoms with van der Waals surface area (Å²) in [5.41, 5.74) is 6.38. The third-order valence-electron chi connectivity index (χ3n) is 4.64. The number of benzene rings is 3. The van der Waals surface area contributed by atoms with Crippen LogP contribution in [0.4, 0.5) is 17.1 Å². The van der Waals surface area contributed by atoms with Crippen LogP contribution >= 0.6 is 0 Å². The Kier molecular flexibility index (Phi) is 4.32. The zero-order valence-corrected chi connectivity index (χ0v) is 14.6. The monoisotopic (exact) mass is 344 g/mol. The van der Waals surface area contributed by atoms with Gasteiger partial charge in [-0.15, -0.1) is 0 Å². The van der Waals surface area contributed by atoms with E-state index in [1.165, 1.54) is 18.4 Å². The number of esters is 1. The largest absolute Gasteiger partial charge is 0.465 e. The highest BCUT2D eigenvalue weighted by molar-refractivity contribution is 5.89. The quantitative estimate of drug-likeness (QED) is 0.697. The molecule has 0 bridgehead atoms. The second-order valence-electron chi connectivity index (χ2n) is 6.34. The van der Waals surface area contributed by atoms with E-state index in [2.05, 4.69) is 52.7 Å². The van der Waals surface area contributed by atoms with E-state index in [-0.39, 0.29) is 5.97 Å². The molecule has 0 aliphatic carbocycles. The fraction of sp³-hybridized carbons (Fsp3) is 0.136. The summed E-state index contributed by atoms with van der Waals surface area (Å²) in [6.45, 7) is 1.58. The predicted octanol–water partition coefficient (Wildman–Crippen LogP) is 4.74. The summed E-state index contributed by atoms with van der Waals surface area (Å²) >= 11 is 0. The first-order valence-corrected chi connectivity index (χ1v) is 8.61. The van der Waals surface area contributed by atoms with E-state index in [1.807, 2.05) is 30.3 Å². The number of anilines is 3. The molecule has 0 amide bonds. The summed E-state index contributed by atoms with van der Waals surface area (Å²) in [5.74, 6) is -0.310. The van der Waals surface area contributed by atoms with Crippen LogP contribution in [0, 0.1) is 0 Å². The highest BCUT2D eigenvalue weighted by atomic mass is 16.5. The van der Waals surface area contributed by atoms with Crippen molar-refractivity contribution in [3.63, 3.8) is 0 Å². The Bertz CT molecular complexity index is 935. The van der Waals surface area contributed by atoms with Crippen LogP contribution in [0.5, 0.6) is 0 Å². The molecule has 0 unspecified atom stereocenters. The van der Waals surface area contributed by atoms with E-state index in [0.29, 0.717) is 5.56 Å². The highest BCUT2D eigenvalue weighted by Crippen LogP contribution is 2.36. The van der Waals surface area contributed by atoms with Crippen molar-refractivity contribution in [1.29, 1.82) is 0 Å². The van der Waals surface area contributed by atoms with E-state index in [4.69, 9.17) is 4.74 Å². The number of nitrogens with zero attached hydrogens (tertiary/aromatic N) is 1. The van der Waals surface area contributed by atoms with Gasteiger partial charge in [-0.3, -0.25) is 0 Å². The van der Waals surface area contributed by atoms with Crippen molar-refractivity contribution in [2.45, 2.75) is 13.1 Å². The van der Waals surface area contributed by atoms with Crippen LogP contribution in [0.15, 0.2) is 72.8 Å². The lowest BCUT2D eigenvalue weighted by molar-refractivity contribution is 0.0600. The molecule has 0 radical (unpaired) electrons. The normalized spacial score (nSPS) is 12.4. The number of nitrogens with one attached hydrogen (secondary N) is 1. The molecule has 4 rings (SSSR count). The maximum Gasteiger partial charge on any atom is 0.337 e. The maximum atomic E-state index is 11.6. The van der Waals surface area contributed by atoms with Crippen molar-refractivity contribution in [2.24, 2.45) is 0 Å². The molecule has 4 nitrogen and oxygen atoms in total. The van der Waals surface area contributed by atoms with E-state index >= 15 is 0 Å². The number of methoxy groups -OCH3 is 1. The van der Waals surface area contributed by atoms with Gasteiger partial charge in [-0.25, -0.2) is 4.79 Å². The van der Waals surface area contributed by atoms with E-state index in [0.717, 1.165) is 30.0 Å². The summed E-state index contributed by atoms with van der Waals surface area (Å²) < 4.78 is 4.77. The number of fused-ring (bicyclic) bond motifs is 2. The molecule has 0 saturated carbocycles. The standard InChI is InChI=1S/C22H20N2O2/c1-26-22(25)17-12-10-16(11-13-17)14-24-15-18-6-2-3-7-19(18)23-20-8-4-5-9-21(20)24/h2-13,23H,14-15H2,1H3. The van der Waals surface area contributed by atoms with Gasteiger partial charge in [0.2, 0.25) is 0 Å². The van der Waals surface area contributed by atoms with Gasteiger partial charge in [0.1, 0.15) is 0 Å². The van der Waals surface area contributed by atoms with E-state index in [9.17, 15) is 4.79 Å². The Hall–Kier alpha value is -3.27. The molecule has 1 heterocycles. The molecule has 26 heavy (non-hydrogen) atoms. The van der Waals surface area contributed by atoms with Gasteiger partial charge < -0.3 is 15.0 Å². The number of ether oxygens (including phenoxy) is 1. The number of rotatable bonds is 3.